The molecule has 0 saturated heterocycles. The Labute approximate surface area is 88.1 Å². The van der Waals surface area contributed by atoms with E-state index in [1.165, 1.54) is 0 Å². The lowest BCUT2D eigenvalue weighted by Crippen LogP contribution is -2.23. The van der Waals surface area contributed by atoms with Gasteiger partial charge in [0.1, 0.15) is 5.75 Å². The molecule has 0 amide bonds. The molecule has 1 aromatic rings. The van der Waals surface area contributed by atoms with Crippen molar-refractivity contribution in [1.29, 1.82) is 0 Å². The van der Waals surface area contributed by atoms with Gasteiger partial charge in [0.25, 0.3) is 0 Å². The third kappa shape index (κ3) is 3.18. The fraction of sp³-hybridized carbons (Fsp3) is 0.222. The number of rotatable bonds is 3. The number of benzene rings is 1. The molecule has 0 aliphatic rings. The third-order valence-corrected chi connectivity index (χ3v) is 2.17. The number of guanidine groups is 1. The second kappa shape index (κ2) is 4.76. The summed E-state index contributed by atoms with van der Waals surface area (Å²) in [5.74, 6) is 0.299. The summed E-state index contributed by atoms with van der Waals surface area (Å²) in [5.41, 5.74) is 11.3. The Hall–Kier alpha value is -1.36. The summed E-state index contributed by atoms with van der Waals surface area (Å²) in [5, 5.41) is 9.23. The highest BCUT2D eigenvalue weighted by molar-refractivity contribution is 7.80. The molecule has 0 aliphatic heterocycles. The first-order chi connectivity index (χ1) is 6.59. The van der Waals surface area contributed by atoms with Crippen molar-refractivity contribution in [2.24, 2.45) is 16.5 Å². The van der Waals surface area contributed by atoms with Gasteiger partial charge in [-0.05, 0) is 30.2 Å². The monoisotopic (exact) mass is 211 g/mol. The second-order valence-corrected chi connectivity index (χ2v) is 3.35. The van der Waals surface area contributed by atoms with Crippen LogP contribution in [0.3, 0.4) is 0 Å². The highest BCUT2D eigenvalue weighted by atomic mass is 32.1. The van der Waals surface area contributed by atoms with Crippen LogP contribution >= 0.6 is 12.6 Å². The summed E-state index contributed by atoms with van der Waals surface area (Å²) in [6.07, 6.45) is 0.658. The van der Waals surface area contributed by atoms with Gasteiger partial charge in [0.2, 0.25) is 0 Å². The van der Waals surface area contributed by atoms with Crippen LogP contribution < -0.4 is 11.5 Å². The summed E-state index contributed by atoms with van der Waals surface area (Å²) < 4.78 is 0. The van der Waals surface area contributed by atoms with Crippen molar-refractivity contribution in [1.82, 2.24) is 0 Å². The first kappa shape index (κ1) is 10.7. The topological polar surface area (TPSA) is 84.6 Å². The molecule has 0 aliphatic carbocycles. The molecule has 0 unspecified atom stereocenters. The molecule has 0 radical (unpaired) electrons. The zero-order chi connectivity index (χ0) is 10.6. The van der Waals surface area contributed by atoms with E-state index in [4.69, 9.17) is 11.5 Å². The second-order valence-electron chi connectivity index (χ2n) is 2.87. The number of phenols is 1. The predicted molar refractivity (Wildman–Crippen MR) is 59.7 cm³/mol. The number of hydrogen-bond acceptors (Lipinski definition) is 3. The Kier molecular flexibility index (Phi) is 3.64. The lowest BCUT2D eigenvalue weighted by Gasteiger charge is -2.03. The zero-order valence-electron chi connectivity index (χ0n) is 7.64. The van der Waals surface area contributed by atoms with Crippen molar-refractivity contribution < 1.29 is 5.11 Å². The minimum absolute atomic E-state index is 0.0749. The number of hydrogen-bond donors (Lipinski definition) is 4. The maximum absolute atomic E-state index is 9.23. The first-order valence-electron chi connectivity index (χ1n) is 4.16. The van der Waals surface area contributed by atoms with Crippen LogP contribution in [0.2, 0.25) is 0 Å². The molecular formula is C9H13N3OS. The molecule has 5 N–H and O–H groups in total. The quantitative estimate of drug-likeness (QED) is 0.333. The normalized spacial score (nSPS) is 9.79. The molecule has 76 valence electrons. The van der Waals surface area contributed by atoms with Crippen LogP contribution in [-0.4, -0.2) is 17.6 Å². The summed E-state index contributed by atoms with van der Waals surface area (Å²) in [6.45, 7) is 0.499. The van der Waals surface area contributed by atoms with Gasteiger partial charge in [0.05, 0.1) is 0 Å². The van der Waals surface area contributed by atoms with E-state index in [-0.39, 0.29) is 11.7 Å². The number of aliphatic imine (C=N–C) groups is 1. The average Bonchev–Trinajstić information content (AvgIpc) is 2.10. The zero-order valence-corrected chi connectivity index (χ0v) is 8.54. The molecule has 0 heterocycles. The summed E-state index contributed by atoms with van der Waals surface area (Å²) in [6, 6.07) is 4.99. The number of nitrogens with two attached hydrogens (primary N) is 2. The lowest BCUT2D eigenvalue weighted by molar-refractivity contribution is 0.474. The van der Waals surface area contributed by atoms with Crippen LogP contribution in [0.5, 0.6) is 5.75 Å². The van der Waals surface area contributed by atoms with Gasteiger partial charge < -0.3 is 16.6 Å². The molecule has 0 spiro atoms. The van der Waals surface area contributed by atoms with Gasteiger partial charge in [-0.15, -0.1) is 12.6 Å². The minimum Gasteiger partial charge on any atom is -0.508 e. The van der Waals surface area contributed by atoms with E-state index in [9.17, 15) is 5.11 Å². The van der Waals surface area contributed by atoms with Gasteiger partial charge in [-0.3, -0.25) is 4.99 Å². The Balaban J connectivity index is 2.67. The van der Waals surface area contributed by atoms with Gasteiger partial charge in [-0.25, -0.2) is 0 Å². The maximum Gasteiger partial charge on any atom is 0.185 e. The number of aromatic hydroxyl groups is 1. The van der Waals surface area contributed by atoms with E-state index in [2.05, 4.69) is 17.6 Å². The van der Waals surface area contributed by atoms with E-state index in [1.807, 2.05) is 0 Å². The van der Waals surface area contributed by atoms with Crippen molar-refractivity contribution in [3.8, 4) is 5.75 Å². The fourth-order valence-electron chi connectivity index (χ4n) is 1.08. The molecule has 0 bridgehead atoms. The lowest BCUT2D eigenvalue weighted by atomic mass is 10.1. The highest BCUT2D eigenvalue weighted by Crippen LogP contribution is 2.19. The molecule has 0 saturated carbocycles. The molecule has 1 rings (SSSR count). The van der Waals surface area contributed by atoms with E-state index >= 15 is 0 Å². The molecule has 0 fully saturated rings. The van der Waals surface area contributed by atoms with E-state index in [0.717, 1.165) is 10.5 Å². The van der Waals surface area contributed by atoms with Crippen molar-refractivity contribution >= 4 is 18.6 Å². The first-order valence-corrected chi connectivity index (χ1v) is 4.60. The fourth-order valence-corrected chi connectivity index (χ4v) is 1.33. The van der Waals surface area contributed by atoms with Crippen molar-refractivity contribution in [3.05, 3.63) is 23.8 Å². The van der Waals surface area contributed by atoms with Crippen molar-refractivity contribution in [2.75, 3.05) is 6.54 Å². The average molecular weight is 211 g/mol. The summed E-state index contributed by atoms with van der Waals surface area (Å²) in [7, 11) is 0. The smallest absolute Gasteiger partial charge is 0.185 e. The van der Waals surface area contributed by atoms with Gasteiger partial charge >= 0.3 is 0 Å². The maximum atomic E-state index is 9.23. The standard InChI is InChI=1S/C9H13N3OS/c10-9(11)12-4-3-6-5-7(13)1-2-8(6)14/h1-2,5,13-14H,3-4H2,(H4,10,11,12). The Morgan fingerprint density at radius 3 is 2.79 bits per heavy atom. The molecular weight excluding hydrogens is 198 g/mol. The summed E-state index contributed by atoms with van der Waals surface area (Å²) in [4.78, 5) is 4.67. The van der Waals surface area contributed by atoms with E-state index < -0.39 is 0 Å². The highest BCUT2D eigenvalue weighted by Gasteiger charge is 1.99. The number of nitrogens with zero attached hydrogens (tertiary/aromatic N) is 1. The van der Waals surface area contributed by atoms with Gasteiger partial charge in [0, 0.05) is 11.4 Å². The van der Waals surface area contributed by atoms with E-state index in [1.54, 1.807) is 18.2 Å². The third-order valence-electron chi connectivity index (χ3n) is 1.74. The van der Waals surface area contributed by atoms with Crippen molar-refractivity contribution in [3.63, 3.8) is 0 Å². The van der Waals surface area contributed by atoms with Crippen LogP contribution in [0.15, 0.2) is 28.1 Å². The van der Waals surface area contributed by atoms with Crippen LogP contribution in [0.1, 0.15) is 5.56 Å². The number of thiol groups is 1. The number of phenolic OH excluding ortho intramolecular Hbond substituents is 1. The minimum atomic E-state index is 0.0749. The molecule has 0 aromatic heterocycles. The molecule has 0 atom stereocenters. The van der Waals surface area contributed by atoms with Crippen molar-refractivity contribution in [2.45, 2.75) is 11.3 Å². The Morgan fingerprint density at radius 2 is 2.14 bits per heavy atom. The Morgan fingerprint density at radius 1 is 1.43 bits per heavy atom. The molecule has 1 aromatic carbocycles. The predicted octanol–water partition coefficient (Wildman–Crippen LogP) is 0.497. The molecule has 4 nitrogen and oxygen atoms in total. The molecule has 5 heteroatoms. The van der Waals surface area contributed by atoms with Gasteiger partial charge in [0.15, 0.2) is 5.96 Å². The Bertz CT molecular complexity index is 348. The van der Waals surface area contributed by atoms with Crippen LogP contribution in [0.25, 0.3) is 0 Å². The molecule has 14 heavy (non-hydrogen) atoms. The van der Waals surface area contributed by atoms with Crippen LogP contribution in [0.4, 0.5) is 0 Å². The van der Waals surface area contributed by atoms with Crippen LogP contribution in [-0.2, 0) is 6.42 Å². The van der Waals surface area contributed by atoms with Crippen LogP contribution in [0, 0.1) is 0 Å². The van der Waals surface area contributed by atoms with Gasteiger partial charge in [-0.2, -0.15) is 0 Å². The SMILES string of the molecule is NC(N)=NCCc1cc(O)ccc1S. The van der Waals surface area contributed by atoms with E-state index in [0.29, 0.717) is 13.0 Å². The largest absolute Gasteiger partial charge is 0.508 e. The summed E-state index contributed by atoms with van der Waals surface area (Å²) >= 11 is 4.25. The van der Waals surface area contributed by atoms with Gasteiger partial charge in [-0.1, -0.05) is 0 Å².